The van der Waals surface area contributed by atoms with Crippen molar-refractivity contribution in [2.75, 3.05) is 51.3 Å². The molecule has 2 N–H and O–H groups in total. The van der Waals surface area contributed by atoms with E-state index in [1.807, 2.05) is 0 Å². The van der Waals surface area contributed by atoms with Gasteiger partial charge in [0.05, 0.1) is 12.3 Å². The summed E-state index contributed by atoms with van der Waals surface area (Å²) in [5.74, 6) is -0.816. The molecule has 1 fully saturated rings. The molecule has 0 aromatic rings. The Morgan fingerprint density at radius 2 is 1.80 bits per heavy atom. The van der Waals surface area contributed by atoms with Gasteiger partial charge in [0.1, 0.15) is 9.84 Å². The first-order chi connectivity index (χ1) is 9.28. The number of sulfone groups is 1. The van der Waals surface area contributed by atoms with Crippen molar-refractivity contribution in [3.8, 4) is 0 Å². The lowest BCUT2D eigenvalue weighted by molar-refractivity contribution is -0.138. The summed E-state index contributed by atoms with van der Waals surface area (Å²) in [5.41, 5.74) is 0. The molecule has 1 saturated heterocycles. The Morgan fingerprint density at radius 1 is 1.20 bits per heavy atom. The maximum Gasteiger partial charge on any atom is 0.317 e. The van der Waals surface area contributed by atoms with Crippen molar-refractivity contribution in [1.29, 1.82) is 0 Å². The number of piperazine rings is 1. The third-order valence-corrected chi connectivity index (χ3v) is 4.02. The fraction of sp³-hybridized carbons (Fsp3) is 0.818. The molecule has 116 valence electrons. The molecule has 0 saturated carbocycles. The number of amides is 2. The summed E-state index contributed by atoms with van der Waals surface area (Å²) in [6, 6.07) is -0.228. The zero-order chi connectivity index (χ0) is 15.2. The van der Waals surface area contributed by atoms with Crippen LogP contribution in [0.5, 0.6) is 0 Å². The van der Waals surface area contributed by atoms with Crippen LogP contribution in [-0.2, 0) is 14.6 Å². The van der Waals surface area contributed by atoms with Crippen molar-refractivity contribution in [2.45, 2.75) is 6.42 Å². The quantitative estimate of drug-likeness (QED) is 0.599. The first-order valence-corrected chi connectivity index (χ1v) is 8.48. The van der Waals surface area contributed by atoms with E-state index in [0.29, 0.717) is 39.1 Å². The standard InChI is InChI=1S/C11H21N3O5S/c1-20(18,19)8-2-3-12-11(17)14-6-4-13(5-7-14)9-10(15)16/h2-9H2,1H3,(H,12,17)(H,15,16). The van der Waals surface area contributed by atoms with Gasteiger partial charge in [-0.25, -0.2) is 13.2 Å². The van der Waals surface area contributed by atoms with Crippen LogP contribution in [-0.4, -0.2) is 86.6 Å². The van der Waals surface area contributed by atoms with E-state index >= 15 is 0 Å². The van der Waals surface area contributed by atoms with E-state index in [1.165, 1.54) is 0 Å². The van der Waals surface area contributed by atoms with Crippen molar-refractivity contribution in [1.82, 2.24) is 15.1 Å². The zero-order valence-electron chi connectivity index (χ0n) is 11.5. The molecule has 2 amide bonds. The number of aliphatic carboxylic acids is 1. The fourth-order valence-corrected chi connectivity index (χ4v) is 2.61. The van der Waals surface area contributed by atoms with Gasteiger partial charge in [-0.05, 0) is 6.42 Å². The van der Waals surface area contributed by atoms with Gasteiger partial charge in [0, 0.05) is 39.0 Å². The summed E-state index contributed by atoms with van der Waals surface area (Å²) >= 11 is 0. The van der Waals surface area contributed by atoms with E-state index in [4.69, 9.17) is 5.11 Å². The SMILES string of the molecule is CS(=O)(=O)CCCNC(=O)N1CCN(CC(=O)O)CC1. The number of carboxylic acids is 1. The molecule has 8 nitrogen and oxygen atoms in total. The van der Waals surface area contributed by atoms with E-state index in [9.17, 15) is 18.0 Å². The highest BCUT2D eigenvalue weighted by molar-refractivity contribution is 7.90. The lowest BCUT2D eigenvalue weighted by Crippen LogP contribution is -2.52. The second-order valence-electron chi connectivity index (χ2n) is 4.87. The fourth-order valence-electron chi connectivity index (χ4n) is 1.94. The summed E-state index contributed by atoms with van der Waals surface area (Å²) in [4.78, 5) is 25.7. The minimum Gasteiger partial charge on any atom is -0.480 e. The van der Waals surface area contributed by atoms with Gasteiger partial charge in [0.25, 0.3) is 0 Å². The van der Waals surface area contributed by atoms with Gasteiger partial charge in [-0.3, -0.25) is 9.69 Å². The molecule has 0 unspecified atom stereocenters. The van der Waals surface area contributed by atoms with Crippen LogP contribution in [0.15, 0.2) is 0 Å². The largest absolute Gasteiger partial charge is 0.480 e. The average molecular weight is 307 g/mol. The maximum absolute atomic E-state index is 11.8. The van der Waals surface area contributed by atoms with Gasteiger partial charge in [-0.15, -0.1) is 0 Å². The van der Waals surface area contributed by atoms with Crippen molar-refractivity contribution in [3.63, 3.8) is 0 Å². The van der Waals surface area contributed by atoms with Crippen LogP contribution in [0.25, 0.3) is 0 Å². The summed E-state index contributed by atoms with van der Waals surface area (Å²) in [5, 5.41) is 11.3. The Bertz CT molecular complexity index is 443. The Kier molecular flexibility index (Phi) is 6.21. The third-order valence-electron chi connectivity index (χ3n) is 2.99. The van der Waals surface area contributed by atoms with Crippen LogP contribution in [0.3, 0.4) is 0 Å². The Morgan fingerprint density at radius 3 is 2.30 bits per heavy atom. The minimum absolute atomic E-state index is 0.0101. The monoisotopic (exact) mass is 307 g/mol. The normalized spacial score (nSPS) is 16.9. The molecule has 1 aliphatic rings. The highest BCUT2D eigenvalue weighted by Gasteiger charge is 2.21. The molecule has 0 aromatic carbocycles. The van der Waals surface area contributed by atoms with Gasteiger partial charge < -0.3 is 15.3 Å². The topological polar surface area (TPSA) is 107 Å². The van der Waals surface area contributed by atoms with E-state index in [1.54, 1.807) is 9.80 Å². The molecule has 9 heteroatoms. The summed E-state index contributed by atoms with van der Waals surface area (Å²) < 4.78 is 21.9. The smallest absolute Gasteiger partial charge is 0.317 e. The van der Waals surface area contributed by atoms with Gasteiger partial charge in [-0.2, -0.15) is 0 Å². The predicted octanol–water partition coefficient (Wildman–Crippen LogP) is -1.17. The molecule has 20 heavy (non-hydrogen) atoms. The van der Waals surface area contributed by atoms with E-state index in [2.05, 4.69) is 5.32 Å². The molecular weight excluding hydrogens is 286 g/mol. The number of hydrogen-bond donors (Lipinski definition) is 2. The highest BCUT2D eigenvalue weighted by atomic mass is 32.2. The van der Waals surface area contributed by atoms with Crippen molar-refractivity contribution >= 4 is 21.8 Å². The second kappa shape index (κ2) is 7.44. The van der Waals surface area contributed by atoms with Crippen LogP contribution < -0.4 is 5.32 Å². The third kappa shape index (κ3) is 6.71. The summed E-state index contributed by atoms with van der Waals surface area (Å²) in [6.07, 6.45) is 1.56. The maximum atomic E-state index is 11.8. The van der Waals surface area contributed by atoms with E-state index < -0.39 is 15.8 Å². The highest BCUT2D eigenvalue weighted by Crippen LogP contribution is 2.01. The average Bonchev–Trinajstić information content (AvgIpc) is 2.33. The number of rotatable bonds is 6. The molecular formula is C11H21N3O5S. The van der Waals surface area contributed by atoms with Gasteiger partial charge in [-0.1, -0.05) is 0 Å². The van der Waals surface area contributed by atoms with Crippen molar-refractivity contribution < 1.29 is 23.1 Å². The molecule has 0 bridgehead atoms. The van der Waals surface area contributed by atoms with Crippen LogP contribution >= 0.6 is 0 Å². The molecule has 1 rings (SSSR count). The molecule has 1 aliphatic heterocycles. The van der Waals surface area contributed by atoms with Crippen LogP contribution in [0.2, 0.25) is 0 Å². The Hall–Kier alpha value is -1.35. The molecule has 0 spiro atoms. The Labute approximate surface area is 118 Å². The predicted molar refractivity (Wildman–Crippen MR) is 73.4 cm³/mol. The number of hydrogen-bond acceptors (Lipinski definition) is 5. The van der Waals surface area contributed by atoms with Gasteiger partial charge >= 0.3 is 12.0 Å². The lowest BCUT2D eigenvalue weighted by atomic mass is 10.3. The summed E-state index contributed by atoms with van der Waals surface area (Å²) in [7, 11) is -2.99. The summed E-state index contributed by atoms with van der Waals surface area (Å²) in [6.45, 7) is 2.33. The zero-order valence-corrected chi connectivity index (χ0v) is 12.4. The number of carbonyl (C=O) groups excluding carboxylic acids is 1. The Balaban J connectivity index is 2.21. The first-order valence-electron chi connectivity index (χ1n) is 6.42. The first kappa shape index (κ1) is 16.7. The molecule has 1 heterocycles. The van der Waals surface area contributed by atoms with Gasteiger partial charge in [0.15, 0.2) is 0 Å². The minimum atomic E-state index is -2.99. The van der Waals surface area contributed by atoms with Crippen molar-refractivity contribution in [3.05, 3.63) is 0 Å². The number of carbonyl (C=O) groups is 2. The van der Waals surface area contributed by atoms with Gasteiger partial charge in [0.2, 0.25) is 0 Å². The number of nitrogens with zero attached hydrogens (tertiary/aromatic N) is 2. The number of urea groups is 1. The van der Waals surface area contributed by atoms with Crippen LogP contribution in [0, 0.1) is 0 Å². The molecule has 0 atom stereocenters. The number of carboxylic acid groups (broad SMARTS) is 1. The van der Waals surface area contributed by atoms with E-state index in [0.717, 1.165) is 6.26 Å². The van der Waals surface area contributed by atoms with Crippen LogP contribution in [0.1, 0.15) is 6.42 Å². The molecule has 0 radical (unpaired) electrons. The molecule has 0 aliphatic carbocycles. The van der Waals surface area contributed by atoms with Crippen LogP contribution in [0.4, 0.5) is 4.79 Å². The number of nitrogens with one attached hydrogen (secondary N) is 1. The van der Waals surface area contributed by atoms with Crippen molar-refractivity contribution in [2.24, 2.45) is 0 Å². The second-order valence-corrected chi connectivity index (χ2v) is 7.13. The lowest BCUT2D eigenvalue weighted by Gasteiger charge is -2.33. The van der Waals surface area contributed by atoms with E-state index in [-0.39, 0.29) is 18.3 Å². The molecule has 0 aromatic heterocycles.